The summed E-state index contributed by atoms with van der Waals surface area (Å²) in [6, 6.07) is 6.72. The van der Waals surface area contributed by atoms with Gasteiger partial charge in [0.25, 0.3) is 5.69 Å². The highest BCUT2D eigenvalue weighted by Crippen LogP contribution is 2.38. The van der Waals surface area contributed by atoms with E-state index in [1.54, 1.807) is 0 Å². The van der Waals surface area contributed by atoms with Crippen molar-refractivity contribution in [2.24, 2.45) is 0 Å². The van der Waals surface area contributed by atoms with Crippen molar-refractivity contribution in [1.29, 1.82) is 0 Å². The summed E-state index contributed by atoms with van der Waals surface area (Å²) >= 11 is 17.6. The zero-order chi connectivity index (χ0) is 14.9. The molecule has 0 amide bonds. The summed E-state index contributed by atoms with van der Waals surface area (Å²) in [5.74, 6) is 0.484. The van der Waals surface area contributed by atoms with E-state index in [9.17, 15) is 10.1 Å². The maximum absolute atomic E-state index is 10.6. The Morgan fingerprint density at radius 2 is 1.65 bits per heavy atom. The summed E-state index contributed by atoms with van der Waals surface area (Å²) in [5, 5.41) is 11.4. The van der Waals surface area contributed by atoms with Gasteiger partial charge in [-0.15, -0.1) is 0 Å². The third kappa shape index (κ3) is 3.07. The Kier molecular flexibility index (Phi) is 4.23. The van der Waals surface area contributed by atoms with Crippen LogP contribution in [0.25, 0.3) is 0 Å². The highest BCUT2D eigenvalue weighted by Gasteiger charge is 2.13. The fourth-order valence-electron chi connectivity index (χ4n) is 1.44. The van der Waals surface area contributed by atoms with Crippen LogP contribution in [0.3, 0.4) is 0 Å². The van der Waals surface area contributed by atoms with E-state index < -0.39 is 4.92 Å². The number of non-ortho nitro benzene ring substituents is 1. The first-order valence-corrected chi connectivity index (χ1v) is 6.38. The van der Waals surface area contributed by atoms with Crippen LogP contribution in [0.5, 0.6) is 11.5 Å². The number of hydrogen-bond donors (Lipinski definition) is 1. The number of nitro groups is 1. The molecule has 5 nitrogen and oxygen atoms in total. The molecule has 0 fully saturated rings. The van der Waals surface area contributed by atoms with Crippen molar-refractivity contribution in [2.45, 2.75) is 0 Å². The molecule has 0 heterocycles. The highest BCUT2D eigenvalue weighted by atomic mass is 35.5. The number of nitrogens with two attached hydrogens (primary N) is 1. The van der Waals surface area contributed by atoms with Crippen LogP contribution >= 0.6 is 34.8 Å². The average molecular weight is 334 g/mol. The second-order valence-electron chi connectivity index (χ2n) is 3.78. The third-order valence-corrected chi connectivity index (χ3v) is 3.42. The Hall–Kier alpha value is -1.69. The molecule has 0 aliphatic rings. The Labute approximate surface area is 129 Å². The van der Waals surface area contributed by atoms with Gasteiger partial charge in [0.05, 0.1) is 25.7 Å². The van der Waals surface area contributed by atoms with Gasteiger partial charge in [0.1, 0.15) is 5.75 Å². The van der Waals surface area contributed by atoms with Gasteiger partial charge in [0, 0.05) is 18.2 Å². The van der Waals surface area contributed by atoms with Crippen molar-refractivity contribution in [3.63, 3.8) is 0 Å². The molecule has 0 atom stereocenters. The maximum atomic E-state index is 10.6. The molecule has 0 saturated heterocycles. The van der Waals surface area contributed by atoms with E-state index in [1.165, 1.54) is 30.3 Å². The van der Waals surface area contributed by atoms with Crippen LogP contribution in [-0.2, 0) is 0 Å². The maximum Gasteiger partial charge on any atom is 0.271 e. The Morgan fingerprint density at radius 1 is 1.00 bits per heavy atom. The lowest BCUT2D eigenvalue weighted by Gasteiger charge is -2.10. The van der Waals surface area contributed by atoms with Crippen LogP contribution in [-0.4, -0.2) is 4.92 Å². The van der Waals surface area contributed by atoms with E-state index in [0.717, 1.165) is 0 Å². The van der Waals surface area contributed by atoms with Crippen molar-refractivity contribution in [3.8, 4) is 11.5 Å². The minimum Gasteiger partial charge on any atom is -0.454 e. The van der Waals surface area contributed by atoms with Gasteiger partial charge in [-0.05, 0) is 12.1 Å². The van der Waals surface area contributed by atoms with Crippen LogP contribution in [0.1, 0.15) is 0 Å². The fraction of sp³-hybridized carbons (Fsp3) is 0. The first-order chi connectivity index (χ1) is 9.38. The van der Waals surface area contributed by atoms with E-state index in [2.05, 4.69) is 0 Å². The van der Waals surface area contributed by atoms with Gasteiger partial charge in [0.2, 0.25) is 0 Å². The molecule has 0 aliphatic heterocycles. The minimum atomic E-state index is -0.549. The highest BCUT2D eigenvalue weighted by molar-refractivity contribution is 6.43. The summed E-state index contributed by atoms with van der Waals surface area (Å²) in [7, 11) is 0. The topological polar surface area (TPSA) is 78.4 Å². The number of anilines is 1. The number of nitrogen functional groups attached to an aromatic ring is 1. The van der Waals surface area contributed by atoms with Gasteiger partial charge in [-0.3, -0.25) is 10.1 Å². The van der Waals surface area contributed by atoms with Gasteiger partial charge in [-0.1, -0.05) is 34.8 Å². The second kappa shape index (κ2) is 5.75. The molecule has 20 heavy (non-hydrogen) atoms. The summed E-state index contributed by atoms with van der Waals surface area (Å²) in [5.41, 5.74) is 5.68. The summed E-state index contributed by atoms with van der Waals surface area (Å²) in [6.45, 7) is 0. The van der Waals surface area contributed by atoms with Crippen LogP contribution in [0.2, 0.25) is 15.1 Å². The Morgan fingerprint density at radius 3 is 2.25 bits per heavy atom. The predicted octanol–water partition coefficient (Wildman–Crippen LogP) is 4.93. The zero-order valence-electron chi connectivity index (χ0n) is 9.77. The first-order valence-electron chi connectivity index (χ1n) is 5.25. The van der Waals surface area contributed by atoms with E-state index in [1.807, 2.05) is 0 Å². The molecule has 2 aromatic carbocycles. The standard InChI is InChI=1S/C12H7Cl3N2O3/c13-7-4-9(15)12(5-8(7)14)20-11-2-1-6(17(18)19)3-10(11)16/h1-5H,16H2. The van der Waals surface area contributed by atoms with Crippen molar-refractivity contribution in [3.05, 3.63) is 55.5 Å². The molecule has 0 aromatic heterocycles. The normalized spacial score (nSPS) is 10.3. The lowest BCUT2D eigenvalue weighted by atomic mass is 10.2. The number of nitrogens with zero attached hydrogens (tertiary/aromatic N) is 1. The smallest absolute Gasteiger partial charge is 0.271 e. The zero-order valence-corrected chi connectivity index (χ0v) is 12.0. The average Bonchev–Trinajstić information content (AvgIpc) is 2.37. The van der Waals surface area contributed by atoms with Gasteiger partial charge in [-0.2, -0.15) is 0 Å². The van der Waals surface area contributed by atoms with Gasteiger partial charge in [0.15, 0.2) is 5.75 Å². The van der Waals surface area contributed by atoms with Crippen LogP contribution in [0.15, 0.2) is 30.3 Å². The first kappa shape index (κ1) is 14.7. The van der Waals surface area contributed by atoms with Crippen LogP contribution in [0.4, 0.5) is 11.4 Å². The minimum absolute atomic E-state index is 0.112. The molecule has 0 saturated carbocycles. The number of benzene rings is 2. The summed E-state index contributed by atoms with van der Waals surface area (Å²) in [4.78, 5) is 10.1. The number of ether oxygens (including phenoxy) is 1. The molecule has 0 unspecified atom stereocenters. The van der Waals surface area contributed by atoms with Gasteiger partial charge >= 0.3 is 0 Å². The SMILES string of the molecule is Nc1cc([N+](=O)[O-])ccc1Oc1cc(Cl)c(Cl)cc1Cl. The van der Waals surface area contributed by atoms with Crippen molar-refractivity contribution in [2.75, 3.05) is 5.73 Å². The molecular formula is C12H7Cl3N2O3. The van der Waals surface area contributed by atoms with E-state index in [-0.39, 0.29) is 32.9 Å². The number of halogens is 3. The van der Waals surface area contributed by atoms with Crippen LogP contribution < -0.4 is 10.5 Å². The van der Waals surface area contributed by atoms with Crippen molar-refractivity contribution < 1.29 is 9.66 Å². The van der Waals surface area contributed by atoms with Crippen molar-refractivity contribution in [1.82, 2.24) is 0 Å². The fourth-order valence-corrected chi connectivity index (χ4v) is 2.02. The molecular weight excluding hydrogens is 327 g/mol. The Balaban J connectivity index is 2.35. The number of rotatable bonds is 3. The number of nitro benzene ring substituents is 1. The Bertz CT molecular complexity index is 692. The molecule has 2 aromatic rings. The van der Waals surface area contributed by atoms with E-state index >= 15 is 0 Å². The molecule has 2 rings (SSSR count). The summed E-state index contributed by atoms with van der Waals surface area (Å²) < 4.78 is 5.49. The molecule has 0 aliphatic carbocycles. The lowest BCUT2D eigenvalue weighted by molar-refractivity contribution is -0.384. The largest absolute Gasteiger partial charge is 0.454 e. The summed E-state index contributed by atoms with van der Waals surface area (Å²) in [6.07, 6.45) is 0. The second-order valence-corrected chi connectivity index (χ2v) is 5.00. The van der Waals surface area contributed by atoms with Gasteiger partial charge in [-0.25, -0.2) is 0 Å². The van der Waals surface area contributed by atoms with Gasteiger partial charge < -0.3 is 10.5 Å². The molecule has 2 N–H and O–H groups in total. The molecule has 0 bridgehead atoms. The lowest BCUT2D eigenvalue weighted by Crippen LogP contribution is -1.95. The quantitative estimate of drug-likeness (QED) is 0.374. The van der Waals surface area contributed by atoms with Crippen molar-refractivity contribution >= 4 is 46.2 Å². The predicted molar refractivity (Wildman–Crippen MR) is 79.1 cm³/mol. The molecule has 8 heteroatoms. The molecule has 0 spiro atoms. The van der Waals surface area contributed by atoms with E-state index in [4.69, 9.17) is 45.3 Å². The molecule has 104 valence electrons. The monoisotopic (exact) mass is 332 g/mol. The molecule has 0 radical (unpaired) electrons. The van der Waals surface area contributed by atoms with Crippen LogP contribution in [0, 0.1) is 10.1 Å². The van der Waals surface area contributed by atoms with E-state index in [0.29, 0.717) is 5.02 Å². The third-order valence-electron chi connectivity index (χ3n) is 2.40. The number of hydrogen-bond acceptors (Lipinski definition) is 4.